The predicted octanol–water partition coefficient (Wildman–Crippen LogP) is 3.58. The monoisotopic (exact) mass is 463 g/mol. The maximum Gasteiger partial charge on any atom is 0.408 e. The van der Waals surface area contributed by atoms with Gasteiger partial charge in [0.15, 0.2) is 5.78 Å². The summed E-state index contributed by atoms with van der Waals surface area (Å²) in [5.74, 6) is -0.741. The highest BCUT2D eigenvalue weighted by atomic mass is 16.6. The molecule has 0 aromatic heterocycles. The maximum atomic E-state index is 13.3. The van der Waals surface area contributed by atoms with E-state index in [2.05, 4.69) is 10.6 Å². The number of alkyl carbamates (subject to hydrolysis) is 1. The SMILES string of the molecule is CC(OC(C)(C)C)[C@H](NC(=O)[C@H](CCCCN)NC(=O)OC(C)(C)C)C(=O)c1ccccc1. The summed E-state index contributed by atoms with van der Waals surface area (Å²) >= 11 is 0. The maximum absolute atomic E-state index is 13.3. The minimum absolute atomic E-state index is 0.265. The third-order valence-electron chi connectivity index (χ3n) is 4.60. The molecule has 0 aliphatic rings. The number of rotatable bonds is 11. The van der Waals surface area contributed by atoms with Crippen molar-refractivity contribution in [2.75, 3.05) is 6.54 Å². The number of nitrogens with two attached hydrogens (primary N) is 1. The average molecular weight is 464 g/mol. The number of benzene rings is 1. The van der Waals surface area contributed by atoms with Gasteiger partial charge in [0.2, 0.25) is 5.91 Å². The van der Waals surface area contributed by atoms with E-state index >= 15 is 0 Å². The number of carbonyl (C=O) groups excluding carboxylic acids is 3. The predicted molar refractivity (Wildman–Crippen MR) is 129 cm³/mol. The first-order valence-electron chi connectivity index (χ1n) is 11.5. The van der Waals surface area contributed by atoms with Crippen molar-refractivity contribution in [2.45, 2.75) is 97.1 Å². The van der Waals surface area contributed by atoms with Gasteiger partial charge in [-0.25, -0.2) is 4.79 Å². The van der Waals surface area contributed by atoms with Gasteiger partial charge in [-0.3, -0.25) is 9.59 Å². The van der Waals surface area contributed by atoms with Gasteiger partial charge in [-0.2, -0.15) is 0 Å². The molecule has 8 nitrogen and oxygen atoms in total. The van der Waals surface area contributed by atoms with Gasteiger partial charge in [-0.05, 0) is 74.3 Å². The molecular weight excluding hydrogens is 422 g/mol. The first-order valence-corrected chi connectivity index (χ1v) is 11.5. The van der Waals surface area contributed by atoms with Crippen LogP contribution in [0.3, 0.4) is 0 Å². The Morgan fingerprint density at radius 3 is 2.06 bits per heavy atom. The van der Waals surface area contributed by atoms with Crippen LogP contribution in [0, 0.1) is 0 Å². The molecule has 3 atom stereocenters. The molecule has 33 heavy (non-hydrogen) atoms. The Morgan fingerprint density at radius 1 is 0.939 bits per heavy atom. The summed E-state index contributed by atoms with van der Waals surface area (Å²) in [5, 5.41) is 5.46. The number of ketones is 1. The number of ether oxygens (including phenoxy) is 2. The fourth-order valence-electron chi connectivity index (χ4n) is 3.27. The molecular formula is C25H41N3O5. The number of Topliss-reactive ketones (excluding diaryl/α,β-unsaturated/α-hetero) is 1. The second kappa shape index (κ2) is 12.7. The Kier molecular flexibility index (Phi) is 11.0. The van der Waals surface area contributed by atoms with Crippen LogP contribution in [0.5, 0.6) is 0 Å². The number of nitrogens with one attached hydrogen (secondary N) is 2. The first-order chi connectivity index (χ1) is 15.2. The standard InChI is InChI=1S/C25H41N3O5/c1-17(32-24(2,3)4)20(21(29)18-13-9-8-10-14-18)28-22(30)19(15-11-12-16-26)27-23(31)33-25(5,6)7/h8-10,13-14,17,19-20H,11-12,15-16,26H2,1-7H3,(H,27,31)(H,28,30)/t17?,19-,20-/m0/s1. The lowest BCUT2D eigenvalue weighted by atomic mass is 9.98. The molecule has 4 N–H and O–H groups in total. The summed E-state index contributed by atoms with van der Waals surface area (Å²) in [6, 6.07) is 6.93. The minimum atomic E-state index is -0.934. The molecule has 186 valence electrons. The van der Waals surface area contributed by atoms with Crippen LogP contribution in [-0.4, -0.2) is 53.7 Å². The van der Waals surface area contributed by atoms with E-state index in [1.54, 1.807) is 52.0 Å². The Bertz CT molecular complexity index is 768. The summed E-state index contributed by atoms with van der Waals surface area (Å²) in [4.78, 5) is 38.9. The van der Waals surface area contributed by atoms with Crippen molar-refractivity contribution >= 4 is 17.8 Å². The van der Waals surface area contributed by atoms with E-state index in [9.17, 15) is 14.4 Å². The molecule has 0 aliphatic carbocycles. The van der Waals surface area contributed by atoms with Gasteiger partial charge in [-0.15, -0.1) is 0 Å². The van der Waals surface area contributed by atoms with Crippen LogP contribution in [0.1, 0.15) is 78.1 Å². The van der Waals surface area contributed by atoms with Crippen molar-refractivity contribution in [3.63, 3.8) is 0 Å². The lowest BCUT2D eigenvalue weighted by Crippen LogP contribution is -2.56. The minimum Gasteiger partial charge on any atom is -0.444 e. The van der Waals surface area contributed by atoms with Gasteiger partial charge in [0.25, 0.3) is 0 Å². The van der Waals surface area contributed by atoms with Crippen molar-refractivity contribution in [3.05, 3.63) is 35.9 Å². The molecule has 1 unspecified atom stereocenters. The number of carbonyl (C=O) groups is 3. The molecule has 0 fully saturated rings. The number of unbranched alkanes of at least 4 members (excludes halogenated alkanes) is 1. The third kappa shape index (κ3) is 11.3. The van der Waals surface area contributed by atoms with E-state index in [4.69, 9.17) is 15.2 Å². The molecule has 1 rings (SSSR count). The van der Waals surface area contributed by atoms with Crippen LogP contribution in [-0.2, 0) is 14.3 Å². The van der Waals surface area contributed by atoms with E-state index in [0.29, 0.717) is 31.4 Å². The molecule has 1 aromatic rings. The second-order valence-corrected chi connectivity index (χ2v) is 10.1. The zero-order valence-electron chi connectivity index (χ0n) is 21.1. The Balaban J connectivity index is 3.10. The van der Waals surface area contributed by atoms with Crippen molar-refractivity contribution in [1.29, 1.82) is 0 Å². The third-order valence-corrected chi connectivity index (χ3v) is 4.60. The highest BCUT2D eigenvalue weighted by molar-refractivity contribution is 6.03. The van der Waals surface area contributed by atoms with Gasteiger partial charge in [0.05, 0.1) is 11.7 Å². The van der Waals surface area contributed by atoms with Gasteiger partial charge in [0, 0.05) is 5.56 Å². The molecule has 0 radical (unpaired) electrons. The quantitative estimate of drug-likeness (QED) is 0.341. The molecule has 8 heteroatoms. The van der Waals surface area contributed by atoms with Gasteiger partial charge in [-0.1, -0.05) is 30.3 Å². The molecule has 2 amide bonds. The molecule has 1 aromatic carbocycles. The van der Waals surface area contributed by atoms with Gasteiger partial charge in [0.1, 0.15) is 17.7 Å². The second-order valence-electron chi connectivity index (χ2n) is 10.1. The van der Waals surface area contributed by atoms with Gasteiger partial charge >= 0.3 is 6.09 Å². The lowest BCUT2D eigenvalue weighted by Gasteiger charge is -2.32. The first kappa shape index (κ1) is 28.6. The Hall–Kier alpha value is -2.45. The molecule has 0 saturated carbocycles. The van der Waals surface area contributed by atoms with E-state index in [1.807, 2.05) is 26.8 Å². The Morgan fingerprint density at radius 2 is 1.55 bits per heavy atom. The summed E-state index contributed by atoms with van der Waals surface area (Å²) in [7, 11) is 0. The lowest BCUT2D eigenvalue weighted by molar-refractivity contribution is -0.126. The topological polar surface area (TPSA) is 120 Å². The molecule has 0 saturated heterocycles. The summed E-state index contributed by atoms with van der Waals surface area (Å²) in [5.41, 5.74) is 4.83. The summed E-state index contributed by atoms with van der Waals surface area (Å²) < 4.78 is 11.3. The van der Waals surface area contributed by atoms with Crippen molar-refractivity contribution in [1.82, 2.24) is 10.6 Å². The van der Waals surface area contributed by atoms with E-state index < -0.39 is 41.4 Å². The smallest absolute Gasteiger partial charge is 0.408 e. The molecule has 0 spiro atoms. The summed E-state index contributed by atoms with van der Waals surface area (Å²) in [6.07, 6.45) is 0.405. The van der Waals surface area contributed by atoms with Crippen LogP contribution >= 0.6 is 0 Å². The number of hydrogen-bond donors (Lipinski definition) is 3. The van der Waals surface area contributed by atoms with Crippen molar-refractivity contribution in [3.8, 4) is 0 Å². The fourth-order valence-corrected chi connectivity index (χ4v) is 3.27. The van der Waals surface area contributed by atoms with Crippen molar-refractivity contribution < 1.29 is 23.9 Å². The van der Waals surface area contributed by atoms with E-state index in [-0.39, 0.29) is 5.78 Å². The number of hydrogen-bond acceptors (Lipinski definition) is 6. The van der Waals surface area contributed by atoms with E-state index in [1.165, 1.54) is 0 Å². The Labute approximate surface area is 198 Å². The van der Waals surface area contributed by atoms with Crippen LogP contribution in [0.25, 0.3) is 0 Å². The zero-order chi connectivity index (χ0) is 25.2. The normalized spacial score (nSPS) is 14.7. The van der Waals surface area contributed by atoms with Crippen LogP contribution in [0.4, 0.5) is 4.79 Å². The van der Waals surface area contributed by atoms with E-state index in [0.717, 1.165) is 0 Å². The largest absolute Gasteiger partial charge is 0.444 e. The highest BCUT2D eigenvalue weighted by Gasteiger charge is 2.34. The average Bonchev–Trinajstić information content (AvgIpc) is 2.68. The summed E-state index contributed by atoms with van der Waals surface area (Å²) in [6.45, 7) is 13.1. The number of amides is 2. The fraction of sp³-hybridized carbons (Fsp3) is 0.640. The highest BCUT2D eigenvalue weighted by Crippen LogP contribution is 2.17. The molecule has 0 heterocycles. The molecule has 0 bridgehead atoms. The van der Waals surface area contributed by atoms with Crippen LogP contribution in [0.15, 0.2) is 30.3 Å². The molecule has 0 aliphatic heterocycles. The van der Waals surface area contributed by atoms with Crippen LogP contribution < -0.4 is 16.4 Å². The van der Waals surface area contributed by atoms with Gasteiger partial charge < -0.3 is 25.8 Å². The van der Waals surface area contributed by atoms with Crippen molar-refractivity contribution in [2.24, 2.45) is 5.73 Å². The zero-order valence-corrected chi connectivity index (χ0v) is 21.1. The van der Waals surface area contributed by atoms with Crippen LogP contribution in [0.2, 0.25) is 0 Å².